The first-order valence-corrected chi connectivity index (χ1v) is 16.6. The van der Waals surface area contributed by atoms with Crippen molar-refractivity contribution in [2.75, 3.05) is 18.1 Å². The first-order chi connectivity index (χ1) is 18.6. The highest BCUT2D eigenvalue weighted by atomic mass is 32.2. The first kappa shape index (κ1) is 31.2. The van der Waals surface area contributed by atoms with E-state index >= 15 is 0 Å². The van der Waals surface area contributed by atoms with Crippen LogP contribution in [0.4, 0.5) is 5.82 Å². The number of aryl methyl sites for hydroxylation is 1. The summed E-state index contributed by atoms with van der Waals surface area (Å²) in [6.07, 6.45) is -4.17. The number of hydrogen-bond donors (Lipinski definition) is 7. The number of imidazole rings is 1. The minimum Gasteiger partial charge on any atom is -0.387 e. The Balaban J connectivity index is 1.44. The van der Waals surface area contributed by atoms with Gasteiger partial charge in [0, 0.05) is 5.75 Å². The monoisotopic (exact) mass is 643 g/mol. The quantitative estimate of drug-likeness (QED) is 0.0812. The van der Waals surface area contributed by atoms with Gasteiger partial charge in [-0.05, 0) is 12.0 Å². The van der Waals surface area contributed by atoms with Crippen molar-refractivity contribution >= 4 is 52.2 Å². The number of phosphoric acid groups is 3. The number of benzene rings is 1. The minimum atomic E-state index is -5.73. The van der Waals surface area contributed by atoms with Gasteiger partial charge in [0.2, 0.25) is 0 Å². The number of fused-ring (bicyclic) bond motifs is 1. The molecule has 18 nitrogen and oxygen atoms in total. The Labute approximate surface area is 229 Å². The number of phosphoric ester groups is 1. The molecule has 22 heteroatoms. The van der Waals surface area contributed by atoms with Crippen molar-refractivity contribution < 1.29 is 61.4 Å². The van der Waals surface area contributed by atoms with Gasteiger partial charge in [-0.1, -0.05) is 42.1 Å². The number of nitrogen functional groups attached to an aromatic ring is 1. The molecule has 8 N–H and O–H groups in total. The van der Waals surface area contributed by atoms with E-state index in [-0.39, 0.29) is 17.0 Å². The maximum absolute atomic E-state index is 12.0. The molecule has 0 bridgehead atoms. The molecule has 3 unspecified atom stereocenters. The molecule has 4 rings (SSSR count). The minimum absolute atomic E-state index is 0.0585. The lowest BCUT2D eigenvalue weighted by atomic mass is 10.1. The van der Waals surface area contributed by atoms with Gasteiger partial charge >= 0.3 is 23.5 Å². The van der Waals surface area contributed by atoms with Crippen molar-refractivity contribution in [3.05, 3.63) is 42.2 Å². The Morgan fingerprint density at radius 2 is 1.70 bits per heavy atom. The van der Waals surface area contributed by atoms with Crippen LogP contribution >= 0.6 is 35.2 Å². The molecule has 3 aromatic rings. The molecular formula is C18H24N5O13P3S. The van der Waals surface area contributed by atoms with Gasteiger partial charge < -0.3 is 40.3 Å². The number of hydrogen-bond acceptors (Lipinski definition) is 14. The molecule has 0 spiro atoms. The fraction of sp³-hybridized carbons (Fsp3) is 0.389. The Morgan fingerprint density at radius 1 is 1.00 bits per heavy atom. The van der Waals surface area contributed by atoms with Crippen molar-refractivity contribution in [1.29, 1.82) is 0 Å². The molecule has 40 heavy (non-hydrogen) atoms. The molecule has 6 atom stereocenters. The largest absolute Gasteiger partial charge is 0.490 e. The second-order valence-corrected chi connectivity index (χ2v) is 13.7. The van der Waals surface area contributed by atoms with Crippen molar-refractivity contribution in [2.24, 2.45) is 0 Å². The predicted molar refractivity (Wildman–Crippen MR) is 136 cm³/mol. The molecule has 1 saturated heterocycles. The third-order valence-corrected chi connectivity index (χ3v) is 9.97. The van der Waals surface area contributed by atoms with Gasteiger partial charge in [0.1, 0.15) is 23.8 Å². The van der Waals surface area contributed by atoms with Crippen LogP contribution in [-0.4, -0.2) is 80.0 Å². The maximum Gasteiger partial charge on any atom is 0.490 e. The van der Waals surface area contributed by atoms with E-state index in [1.165, 1.54) is 22.7 Å². The summed E-state index contributed by atoms with van der Waals surface area (Å²) in [5, 5.41) is 21.3. The molecule has 1 aliphatic heterocycles. The molecule has 220 valence electrons. The highest BCUT2D eigenvalue weighted by molar-refractivity contribution is 7.99. The number of thioether (sulfide) groups is 1. The lowest BCUT2D eigenvalue weighted by molar-refractivity contribution is -0.0503. The van der Waals surface area contributed by atoms with Crippen molar-refractivity contribution in [2.45, 2.75) is 36.1 Å². The highest BCUT2D eigenvalue weighted by Gasteiger charge is 2.47. The van der Waals surface area contributed by atoms with Crippen LogP contribution in [0.2, 0.25) is 0 Å². The smallest absolute Gasteiger partial charge is 0.387 e. The summed E-state index contributed by atoms with van der Waals surface area (Å²) in [6, 6.07) is 9.74. The number of aromatic nitrogens is 4. The average Bonchev–Trinajstić information content (AvgIpc) is 3.37. The zero-order valence-corrected chi connectivity index (χ0v) is 23.6. The summed E-state index contributed by atoms with van der Waals surface area (Å²) in [7, 11) is -16.8. The molecule has 1 fully saturated rings. The highest BCUT2D eigenvalue weighted by Crippen LogP contribution is 2.66. The van der Waals surface area contributed by atoms with Gasteiger partial charge in [0.25, 0.3) is 0 Å². The zero-order valence-electron chi connectivity index (χ0n) is 20.1. The fourth-order valence-electron chi connectivity index (χ4n) is 3.64. The number of anilines is 1. The van der Waals surface area contributed by atoms with E-state index in [9.17, 15) is 33.7 Å². The molecule has 2 aromatic heterocycles. The maximum atomic E-state index is 12.0. The number of aliphatic hydroxyl groups is 2. The van der Waals surface area contributed by atoms with Crippen LogP contribution in [-0.2, 0) is 38.0 Å². The van der Waals surface area contributed by atoms with Crippen LogP contribution in [0.25, 0.3) is 11.2 Å². The number of ether oxygens (including phenoxy) is 1. The molecule has 3 heterocycles. The fourth-order valence-corrected chi connectivity index (χ4v) is 7.50. The predicted octanol–water partition coefficient (Wildman–Crippen LogP) is 0.706. The Hall–Kier alpha value is -1.79. The van der Waals surface area contributed by atoms with Crippen molar-refractivity contribution in [3.63, 3.8) is 0 Å². The van der Waals surface area contributed by atoms with E-state index in [2.05, 4.69) is 28.1 Å². The van der Waals surface area contributed by atoms with Crippen molar-refractivity contribution in [3.8, 4) is 0 Å². The van der Waals surface area contributed by atoms with E-state index in [1.807, 2.05) is 30.3 Å². The Kier molecular flexibility index (Phi) is 9.51. The summed E-state index contributed by atoms with van der Waals surface area (Å²) in [5.74, 6) is 0.691. The Morgan fingerprint density at radius 3 is 2.38 bits per heavy atom. The van der Waals surface area contributed by atoms with Crippen LogP contribution in [0.5, 0.6) is 0 Å². The van der Waals surface area contributed by atoms with Crippen LogP contribution in [0.3, 0.4) is 0 Å². The topological polar surface area (TPSA) is 279 Å². The number of nitrogens with two attached hydrogens (primary N) is 1. The SMILES string of the molecule is Nc1nc(SCCc2ccccc2)nc2c1ncn2C1O[C@H](COP(=O)(O)OP(=O)(O)OP(=O)(O)O)[C@@H](O)[C@H]1O. The standard InChI is InChI=1S/C18H24N5O13P3S/c19-15-12-16(22-18(21-15)40-7-6-10-4-2-1-3-5-10)23(9-20-12)17-14(25)13(24)11(34-17)8-33-38(29,30)36-39(31,32)35-37(26,27)28/h1-5,9,11,13-14,17,24-25H,6-8H2,(H,29,30)(H,31,32)(H2,19,21,22)(H2,26,27,28)/t11-,13-,14-,17?/m1/s1. The molecule has 0 radical (unpaired) electrons. The zero-order chi connectivity index (χ0) is 29.3. The molecule has 1 aliphatic rings. The summed E-state index contributed by atoms with van der Waals surface area (Å²) >= 11 is 1.33. The van der Waals surface area contributed by atoms with E-state index < -0.39 is 54.6 Å². The third-order valence-electron chi connectivity index (χ3n) is 5.32. The van der Waals surface area contributed by atoms with Crippen LogP contribution < -0.4 is 5.73 Å². The summed E-state index contributed by atoms with van der Waals surface area (Å²) in [4.78, 5) is 48.9. The van der Waals surface area contributed by atoms with Gasteiger partial charge in [0.15, 0.2) is 22.8 Å². The number of nitrogens with zero attached hydrogens (tertiary/aromatic N) is 4. The van der Waals surface area contributed by atoms with E-state index in [0.29, 0.717) is 10.9 Å². The molecule has 0 amide bonds. The molecule has 1 aromatic carbocycles. The average molecular weight is 643 g/mol. The van der Waals surface area contributed by atoms with Gasteiger partial charge in [0.05, 0.1) is 12.9 Å². The number of aliphatic hydroxyl groups excluding tert-OH is 2. The number of rotatable bonds is 12. The van der Waals surface area contributed by atoms with Crippen LogP contribution in [0, 0.1) is 0 Å². The Bertz CT molecular complexity index is 1490. The lowest BCUT2D eigenvalue weighted by Crippen LogP contribution is -2.33. The summed E-state index contributed by atoms with van der Waals surface area (Å²) in [6.45, 7) is -0.969. The van der Waals surface area contributed by atoms with Gasteiger partial charge in [-0.2, -0.15) is 8.62 Å². The van der Waals surface area contributed by atoms with Crippen LogP contribution in [0.15, 0.2) is 41.8 Å². The molecule has 0 saturated carbocycles. The normalized spacial score (nSPS) is 24.6. The van der Waals surface area contributed by atoms with Gasteiger partial charge in [-0.25, -0.2) is 28.6 Å². The van der Waals surface area contributed by atoms with E-state index in [4.69, 9.17) is 20.3 Å². The van der Waals surface area contributed by atoms with Crippen LogP contribution in [0.1, 0.15) is 11.8 Å². The first-order valence-electron chi connectivity index (χ1n) is 11.1. The summed E-state index contributed by atoms with van der Waals surface area (Å²) < 4.78 is 52.8. The summed E-state index contributed by atoms with van der Waals surface area (Å²) in [5.41, 5.74) is 7.51. The van der Waals surface area contributed by atoms with E-state index in [1.54, 1.807) is 0 Å². The lowest BCUT2D eigenvalue weighted by Gasteiger charge is -2.19. The second-order valence-electron chi connectivity index (χ2n) is 8.23. The van der Waals surface area contributed by atoms with Gasteiger partial charge in [-0.3, -0.25) is 9.09 Å². The second kappa shape index (κ2) is 12.2. The third kappa shape index (κ3) is 7.94. The molecular weight excluding hydrogens is 619 g/mol. The molecule has 0 aliphatic carbocycles. The van der Waals surface area contributed by atoms with E-state index in [0.717, 1.165) is 12.0 Å². The van der Waals surface area contributed by atoms with Crippen molar-refractivity contribution in [1.82, 2.24) is 19.5 Å². The van der Waals surface area contributed by atoms with Gasteiger partial charge in [-0.15, -0.1) is 0 Å².